The predicted molar refractivity (Wildman–Crippen MR) is 80.0 cm³/mol. The number of hydrogen-bond donors (Lipinski definition) is 1. The molecule has 2 N–H and O–H groups in total. The largest absolute Gasteiger partial charge is 0.396 e. The van der Waals surface area contributed by atoms with Crippen molar-refractivity contribution in [1.82, 2.24) is 4.98 Å². The van der Waals surface area contributed by atoms with Crippen LogP contribution in [0.5, 0.6) is 0 Å². The monoisotopic (exact) mass is 273 g/mol. The van der Waals surface area contributed by atoms with E-state index in [0.29, 0.717) is 16.6 Å². The molecule has 0 bridgehead atoms. The summed E-state index contributed by atoms with van der Waals surface area (Å²) in [5, 5.41) is 0.569. The van der Waals surface area contributed by atoms with Crippen LogP contribution >= 0.6 is 11.6 Å². The molecule has 4 heteroatoms. The number of nitrogens with zero attached hydrogens (tertiary/aromatic N) is 2. The van der Waals surface area contributed by atoms with Gasteiger partial charge >= 0.3 is 0 Å². The Morgan fingerprint density at radius 2 is 2.16 bits per heavy atom. The summed E-state index contributed by atoms with van der Waals surface area (Å²) in [5.41, 5.74) is 9.23. The first-order valence-electron chi connectivity index (χ1n) is 6.41. The van der Waals surface area contributed by atoms with Gasteiger partial charge < -0.3 is 10.6 Å². The third-order valence-corrected chi connectivity index (χ3v) is 3.67. The molecule has 1 aliphatic heterocycles. The molecule has 0 amide bonds. The predicted octanol–water partition coefficient (Wildman–Crippen LogP) is 3.65. The highest BCUT2D eigenvalue weighted by atomic mass is 35.5. The molecule has 0 spiro atoms. The van der Waals surface area contributed by atoms with Gasteiger partial charge in [0.15, 0.2) is 5.82 Å². The molecule has 1 atom stereocenters. The van der Waals surface area contributed by atoms with Crippen molar-refractivity contribution >= 4 is 28.8 Å². The lowest BCUT2D eigenvalue weighted by molar-refractivity contribution is 0.560. The zero-order valence-electron chi connectivity index (χ0n) is 10.8. The number of nitrogen functional groups attached to an aromatic ring is 1. The van der Waals surface area contributed by atoms with Gasteiger partial charge in [-0.15, -0.1) is 0 Å². The van der Waals surface area contributed by atoms with Gasteiger partial charge in [0.1, 0.15) is 0 Å². The summed E-state index contributed by atoms with van der Waals surface area (Å²) in [6.07, 6.45) is 2.75. The second-order valence-electron chi connectivity index (χ2n) is 5.11. The van der Waals surface area contributed by atoms with Crippen LogP contribution in [-0.2, 0) is 6.42 Å². The Hall–Kier alpha value is -1.74. The summed E-state index contributed by atoms with van der Waals surface area (Å²) in [6, 6.07) is 10.2. The van der Waals surface area contributed by atoms with Crippen molar-refractivity contribution in [2.75, 3.05) is 17.2 Å². The highest BCUT2D eigenvalue weighted by Crippen LogP contribution is 2.37. The lowest BCUT2D eigenvalue weighted by Gasteiger charge is -2.34. The number of para-hydroxylation sites is 1. The molecule has 1 aliphatic rings. The normalized spacial score (nSPS) is 18.2. The fourth-order valence-corrected chi connectivity index (χ4v) is 2.84. The summed E-state index contributed by atoms with van der Waals surface area (Å²) < 4.78 is 0. The van der Waals surface area contributed by atoms with Crippen molar-refractivity contribution in [2.24, 2.45) is 5.92 Å². The van der Waals surface area contributed by atoms with Crippen LogP contribution in [0.25, 0.3) is 0 Å². The minimum Gasteiger partial charge on any atom is -0.396 e. The van der Waals surface area contributed by atoms with E-state index < -0.39 is 0 Å². The topological polar surface area (TPSA) is 42.2 Å². The van der Waals surface area contributed by atoms with Gasteiger partial charge in [0, 0.05) is 18.4 Å². The fraction of sp³-hybridized carbons (Fsp3) is 0.267. The van der Waals surface area contributed by atoms with Crippen LogP contribution in [0.15, 0.2) is 36.5 Å². The fourth-order valence-electron chi connectivity index (χ4n) is 2.67. The summed E-state index contributed by atoms with van der Waals surface area (Å²) >= 11 is 5.92. The zero-order chi connectivity index (χ0) is 13.4. The number of benzene rings is 1. The number of anilines is 3. The highest BCUT2D eigenvalue weighted by Gasteiger charge is 2.24. The number of aromatic nitrogens is 1. The van der Waals surface area contributed by atoms with Gasteiger partial charge in [0.2, 0.25) is 0 Å². The maximum absolute atomic E-state index is 6.07. The Morgan fingerprint density at radius 3 is 2.95 bits per heavy atom. The average molecular weight is 274 g/mol. The van der Waals surface area contributed by atoms with E-state index >= 15 is 0 Å². The van der Waals surface area contributed by atoms with Crippen molar-refractivity contribution in [3.8, 4) is 0 Å². The zero-order valence-corrected chi connectivity index (χ0v) is 11.6. The molecule has 1 aromatic carbocycles. The third kappa shape index (κ3) is 2.26. The second-order valence-corrected chi connectivity index (χ2v) is 5.55. The molecule has 3 rings (SSSR count). The molecule has 0 radical (unpaired) electrons. The first-order valence-corrected chi connectivity index (χ1v) is 6.79. The molecule has 0 saturated heterocycles. The number of nitrogens with two attached hydrogens (primary N) is 1. The molecule has 98 valence electrons. The molecule has 0 saturated carbocycles. The van der Waals surface area contributed by atoms with E-state index in [-0.39, 0.29) is 0 Å². The van der Waals surface area contributed by atoms with Crippen LogP contribution in [0, 0.1) is 5.92 Å². The lowest BCUT2D eigenvalue weighted by atomic mass is 9.94. The highest BCUT2D eigenvalue weighted by molar-refractivity contribution is 6.30. The van der Waals surface area contributed by atoms with Crippen LogP contribution in [0.1, 0.15) is 12.5 Å². The smallest absolute Gasteiger partial charge is 0.156 e. The number of rotatable bonds is 1. The maximum atomic E-state index is 6.07. The van der Waals surface area contributed by atoms with Gasteiger partial charge in [-0.1, -0.05) is 36.7 Å². The van der Waals surface area contributed by atoms with Gasteiger partial charge in [-0.3, -0.25) is 0 Å². The molecule has 0 aliphatic carbocycles. The summed E-state index contributed by atoms with van der Waals surface area (Å²) in [7, 11) is 0. The van der Waals surface area contributed by atoms with Crippen molar-refractivity contribution in [3.63, 3.8) is 0 Å². The molecule has 2 heterocycles. The van der Waals surface area contributed by atoms with E-state index in [1.807, 2.05) is 6.07 Å². The Balaban J connectivity index is 2.10. The Bertz CT molecular complexity index is 612. The van der Waals surface area contributed by atoms with Crippen molar-refractivity contribution in [2.45, 2.75) is 13.3 Å². The number of fused-ring (bicyclic) bond motifs is 1. The molecule has 19 heavy (non-hydrogen) atoms. The Kier molecular flexibility index (Phi) is 3.07. The molecule has 3 nitrogen and oxygen atoms in total. The van der Waals surface area contributed by atoms with Crippen LogP contribution in [0.2, 0.25) is 5.02 Å². The minimum atomic E-state index is 0.569. The van der Waals surface area contributed by atoms with Gasteiger partial charge in [-0.05, 0) is 30.0 Å². The molecular formula is C15H16ClN3. The Labute approximate surface area is 118 Å². The second kappa shape index (κ2) is 4.74. The number of hydrogen-bond acceptors (Lipinski definition) is 3. The average Bonchev–Trinajstić information content (AvgIpc) is 2.38. The maximum Gasteiger partial charge on any atom is 0.156 e. The summed E-state index contributed by atoms with van der Waals surface area (Å²) in [5.74, 6) is 1.37. The quantitative estimate of drug-likeness (QED) is 0.862. The molecular weight excluding hydrogens is 258 g/mol. The van der Waals surface area contributed by atoms with E-state index in [1.165, 1.54) is 11.3 Å². The van der Waals surface area contributed by atoms with E-state index in [9.17, 15) is 0 Å². The Morgan fingerprint density at radius 1 is 1.37 bits per heavy atom. The first kappa shape index (κ1) is 12.3. The molecule has 0 fully saturated rings. The summed E-state index contributed by atoms with van der Waals surface area (Å²) in [6.45, 7) is 3.17. The standard InChI is InChI=1S/C15H16ClN3/c1-10-6-11-4-2-3-5-14(11)19(9-10)15-13(17)7-12(16)8-18-15/h2-5,7-8,10H,6,9,17H2,1H3. The van der Waals surface area contributed by atoms with E-state index in [1.54, 1.807) is 12.3 Å². The lowest BCUT2D eigenvalue weighted by Crippen LogP contribution is -2.31. The van der Waals surface area contributed by atoms with Gasteiger partial charge in [-0.25, -0.2) is 4.98 Å². The molecule has 1 aromatic heterocycles. The van der Waals surface area contributed by atoms with E-state index in [2.05, 4.69) is 35.0 Å². The first-order chi connectivity index (χ1) is 9.15. The van der Waals surface area contributed by atoms with E-state index in [0.717, 1.165) is 18.8 Å². The van der Waals surface area contributed by atoms with Crippen molar-refractivity contribution in [3.05, 3.63) is 47.1 Å². The molecule has 2 aromatic rings. The number of pyridine rings is 1. The van der Waals surface area contributed by atoms with E-state index in [4.69, 9.17) is 17.3 Å². The van der Waals surface area contributed by atoms with Crippen molar-refractivity contribution < 1.29 is 0 Å². The number of halogens is 1. The van der Waals surface area contributed by atoms with Gasteiger partial charge in [0.05, 0.1) is 10.7 Å². The van der Waals surface area contributed by atoms with Crippen molar-refractivity contribution in [1.29, 1.82) is 0 Å². The SMILES string of the molecule is CC1Cc2ccccc2N(c2ncc(Cl)cc2N)C1. The van der Waals surface area contributed by atoms with Crippen LogP contribution in [-0.4, -0.2) is 11.5 Å². The van der Waals surface area contributed by atoms with Crippen LogP contribution in [0.4, 0.5) is 17.2 Å². The molecule has 1 unspecified atom stereocenters. The van der Waals surface area contributed by atoms with Crippen LogP contribution in [0.3, 0.4) is 0 Å². The third-order valence-electron chi connectivity index (χ3n) is 3.46. The van der Waals surface area contributed by atoms with Crippen LogP contribution < -0.4 is 10.6 Å². The van der Waals surface area contributed by atoms with Gasteiger partial charge in [0.25, 0.3) is 0 Å². The summed E-state index contributed by atoms with van der Waals surface area (Å²) in [4.78, 5) is 6.59. The minimum absolute atomic E-state index is 0.569. The van der Waals surface area contributed by atoms with Gasteiger partial charge in [-0.2, -0.15) is 0 Å².